The van der Waals surface area contributed by atoms with Gasteiger partial charge in [-0.05, 0) is 19.8 Å². The molecule has 2 saturated heterocycles. The molecular weight excluding hydrogens is 212 g/mol. The van der Waals surface area contributed by atoms with Crippen LogP contribution < -0.4 is 0 Å². The lowest BCUT2D eigenvalue weighted by molar-refractivity contribution is -0.331. The molecule has 2 heterocycles. The smallest absolute Gasteiger partial charge is 0.197 e. The summed E-state index contributed by atoms with van der Waals surface area (Å²) in [6, 6.07) is 0. The fourth-order valence-electron chi connectivity index (χ4n) is 2.58. The Bertz CT molecular complexity index is 247. The third kappa shape index (κ3) is 2.10. The van der Waals surface area contributed by atoms with Gasteiger partial charge < -0.3 is 24.8 Å². The molecule has 2 aliphatic heterocycles. The molecule has 0 aliphatic carbocycles. The van der Waals surface area contributed by atoms with Crippen molar-refractivity contribution in [3.8, 4) is 0 Å². The topological polar surface area (TPSA) is 79.2 Å². The van der Waals surface area contributed by atoms with Crippen LogP contribution in [0.2, 0.25) is 0 Å². The zero-order valence-electron chi connectivity index (χ0n) is 9.50. The summed E-state index contributed by atoms with van der Waals surface area (Å²) < 4.78 is 11.4. The minimum absolute atomic E-state index is 0.0130. The van der Waals surface area contributed by atoms with Crippen molar-refractivity contribution >= 4 is 0 Å². The fraction of sp³-hybridized carbons (Fsp3) is 1.00. The van der Waals surface area contributed by atoms with Crippen LogP contribution in [0.1, 0.15) is 32.6 Å². The average molecular weight is 232 g/mol. The van der Waals surface area contributed by atoms with Crippen molar-refractivity contribution in [1.82, 2.24) is 0 Å². The lowest BCUT2D eigenvalue weighted by atomic mass is 9.92. The maximum absolute atomic E-state index is 9.97. The Morgan fingerprint density at radius 2 is 2.06 bits per heavy atom. The molecule has 2 aliphatic rings. The van der Waals surface area contributed by atoms with Gasteiger partial charge in [0, 0.05) is 19.4 Å². The second kappa shape index (κ2) is 4.58. The molecule has 0 saturated carbocycles. The fourth-order valence-corrected chi connectivity index (χ4v) is 2.58. The second-order valence-electron chi connectivity index (χ2n) is 4.78. The highest BCUT2D eigenvalue weighted by Gasteiger charge is 2.53. The average Bonchev–Trinajstić information content (AvgIpc) is 2.58. The molecule has 0 aromatic rings. The highest BCUT2D eigenvalue weighted by molar-refractivity contribution is 4.95. The Balaban J connectivity index is 2.09. The second-order valence-corrected chi connectivity index (χ2v) is 4.78. The predicted octanol–water partition coefficient (Wildman–Crippen LogP) is -0.225. The van der Waals surface area contributed by atoms with Crippen molar-refractivity contribution < 1.29 is 24.8 Å². The molecule has 5 atom stereocenters. The van der Waals surface area contributed by atoms with Gasteiger partial charge >= 0.3 is 0 Å². The lowest BCUT2D eigenvalue weighted by Gasteiger charge is -2.44. The summed E-state index contributed by atoms with van der Waals surface area (Å²) in [7, 11) is 0. The van der Waals surface area contributed by atoms with Crippen LogP contribution in [0.3, 0.4) is 0 Å². The van der Waals surface area contributed by atoms with Crippen LogP contribution in [-0.2, 0) is 9.47 Å². The van der Waals surface area contributed by atoms with Gasteiger partial charge in [0.05, 0.1) is 18.3 Å². The van der Waals surface area contributed by atoms with E-state index in [1.165, 1.54) is 0 Å². The van der Waals surface area contributed by atoms with Gasteiger partial charge in [0.25, 0.3) is 0 Å². The van der Waals surface area contributed by atoms with E-state index in [0.717, 1.165) is 6.42 Å². The molecular formula is C11H20O5. The van der Waals surface area contributed by atoms with Crippen molar-refractivity contribution in [3.63, 3.8) is 0 Å². The van der Waals surface area contributed by atoms with Gasteiger partial charge in [0.2, 0.25) is 0 Å². The first-order chi connectivity index (χ1) is 7.57. The van der Waals surface area contributed by atoms with Crippen LogP contribution in [0.25, 0.3) is 0 Å². The lowest BCUT2D eigenvalue weighted by Crippen LogP contribution is -2.58. The number of rotatable bonds is 2. The summed E-state index contributed by atoms with van der Waals surface area (Å²) in [5.41, 5.74) is 0. The molecule has 0 amide bonds. The highest BCUT2D eigenvalue weighted by atomic mass is 16.7. The molecule has 94 valence electrons. The van der Waals surface area contributed by atoms with Gasteiger partial charge in [-0.2, -0.15) is 0 Å². The summed E-state index contributed by atoms with van der Waals surface area (Å²) in [6.07, 6.45) is 0.181. The standard InChI is InChI=1S/C11H20O5/c1-7-2-4-11(15-7)10(14)9(13)6-8(16-11)3-5-12/h7-10,12-14H,2-6H2,1H3/t7-,8-,9-,10+,11-/m1/s1. The zero-order chi connectivity index (χ0) is 11.8. The van der Waals surface area contributed by atoms with E-state index in [1.54, 1.807) is 0 Å². The van der Waals surface area contributed by atoms with Crippen molar-refractivity contribution in [1.29, 1.82) is 0 Å². The number of hydrogen-bond acceptors (Lipinski definition) is 5. The van der Waals surface area contributed by atoms with Crippen molar-refractivity contribution in [2.24, 2.45) is 0 Å². The first kappa shape index (κ1) is 12.3. The third-order valence-corrected chi connectivity index (χ3v) is 3.44. The van der Waals surface area contributed by atoms with Crippen molar-refractivity contribution in [3.05, 3.63) is 0 Å². The Hall–Kier alpha value is -0.200. The number of aliphatic hydroxyl groups is 3. The van der Waals surface area contributed by atoms with Gasteiger partial charge in [-0.3, -0.25) is 0 Å². The van der Waals surface area contributed by atoms with Crippen LogP contribution in [0.5, 0.6) is 0 Å². The van der Waals surface area contributed by atoms with E-state index in [0.29, 0.717) is 19.3 Å². The maximum Gasteiger partial charge on any atom is 0.197 e. The Morgan fingerprint density at radius 3 is 2.62 bits per heavy atom. The first-order valence-corrected chi connectivity index (χ1v) is 5.90. The van der Waals surface area contributed by atoms with Crippen molar-refractivity contribution in [2.45, 2.75) is 62.8 Å². The molecule has 0 radical (unpaired) electrons. The summed E-state index contributed by atoms with van der Waals surface area (Å²) in [4.78, 5) is 0. The van der Waals surface area contributed by atoms with E-state index in [1.807, 2.05) is 6.92 Å². The molecule has 0 unspecified atom stereocenters. The molecule has 2 rings (SSSR count). The van der Waals surface area contributed by atoms with E-state index in [4.69, 9.17) is 14.6 Å². The van der Waals surface area contributed by atoms with E-state index in [-0.39, 0.29) is 18.8 Å². The van der Waals surface area contributed by atoms with E-state index < -0.39 is 18.0 Å². The first-order valence-electron chi connectivity index (χ1n) is 5.90. The van der Waals surface area contributed by atoms with E-state index in [2.05, 4.69) is 0 Å². The quantitative estimate of drug-likeness (QED) is 0.613. The maximum atomic E-state index is 9.97. The summed E-state index contributed by atoms with van der Waals surface area (Å²) in [5.74, 6) is -1.06. The van der Waals surface area contributed by atoms with Crippen molar-refractivity contribution in [2.75, 3.05) is 6.61 Å². The Morgan fingerprint density at radius 1 is 1.31 bits per heavy atom. The number of ether oxygens (including phenoxy) is 2. The van der Waals surface area contributed by atoms with Crippen LogP contribution in [-0.4, -0.2) is 52.1 Å². The molecule has 5 heteroatoms. The van der Waals surface area contributed by atoms with Crippen LogP contribution in [0.15, 0.2) is 0 Å². The van der Waals surface area contributed by atoms with Crippen LogP contribution in [0, 0.1) is 0 Å². The molecule has 16 heavy (non-hydrogen) atoms. The molecule has 5 nitrogen and oxygen atoms in total. The summed E-state index contributed by atoms with van der Waals surface area (Å²) >= 11 is 0. The molecule has 0 aromatic carbocycles. The van der Waals surface area contributed by atoms with E-state index in [9.17, 15) is 10.2 Å². The minimum atomic E-state index is -1.06. The number of aliphatic hydroxyl groups excluding tert-OH is 3. The van der Waals surface area contributed by atoms with Gasteiger partial charge in [-0.1, -0.05) is 0 Å². The monoisotopic (exact) mass is 232 g/mol. The highest BCUT2D eigenvalue weighted by Crippen LogP contribution is 2.41. The SMILES string of the molecule is C[C@@H]1CC[C@]2(O[C@H](CCO)C[C@@H](O)[C@@H]2O)O1. The van der Waals surface area contributed by atoms with E-state index >= 15 is 0 Å². The number of hydrogen-bond donors (Lipinski definition) is 3. The van der Waals surface area contributed by atoms with Gasteiger partial charge in [0.1, 0.15) is 6.10 Å². The van der Waals surface area contributed by atoms with Gasteiger partial charge in [-0.15, -0.1) is 0 Å². The molecule has 1 spiro atoms. The Kier molecular flexibility index (Phi) is 3.51. The summed E-state index contributed by atoms with van der Waals surface area (Å²) in [6.45, 7) is 1.94. The van der Waals surface area contributed by atoms with Gasteiger partial charge in [-0.25, -0.2) is 0 Å². The molecule has 0 aromatic heterocycles. The zero-order valence-corrected chi connectivity index (χ0v) is 9.50. The molecule has 0 bridgehead atoms. The largest absolute Gasteiger partial charge is 0.396 e. The molecule has 3 N–H and O–H groups in total. The Labute approximate surface area is 95.0 Å². The van der Waals surface area contributed by atoms with Crippen LogP contribution in [0.4, 0.5) is 0 Å². The van der Waals surface area contributed by atoms with Gasteiger partial charge in [0.15, 0.2) is 5.79 Å². The summed E-state index contributed by atoms with van der Waals surface area (Å²) in [5, 5.41) is 28.7. The normalized spacial score (nSPS) is 48.8. The minimum Gasteiger partial charge on any atom is -0.396 e. The predicted molar refractivity (Wildman–Crippen MR) is 55.7 cm³/mol. The third-order valence-electron chi connectivity index (χ3n) is 3.44. The van der Waals surface area contributed by atoms with Crippen LogP contribution >= 0.6 is 0 Å². The molecule has 2 fully saturated rings.